The van der Waals surface area contributed by atoms with Crippen molar-refractivity contribution in [3.8, 4) is 0 Å². The molecule has 0 aromatic rings. The summed E-state index contributed by atoms with van der Waals surface area (Å²) in [7, 11) is 0. The molecule has 1 fully saturated rings. The Morgan fingerprint density at radius 3 is 2.68 bits per heavy atom. The second kappa shape index (κ2) is 7.01. The predicted octanol–water partition coefficient (Wildman–Crippen LogP) is 2.91. The van der Waals surface area contributed by atoms with Gasteiger partial charge in [0.2, 0.25) is 0 Å². The van der Waals surface area contributed by atoms with Crippen LogP contribution in [-0.4, -0.2) is 27.7 Å². The summed E-state index contributed by atoms with van der Waals surface area (Å²) in [6, 6.07) is 0. The Balaban J connectivity index is 2.53. The Kier molecular flexibility index (Phi) is 5.95. The van der Waals surface area contributed by atoms with Gasteiger partial charge in [-0.05, 0) is 52.9 Å². The number of carbonyl (C=O) groups excluding carboxylic acids is 1. The molecule has 2 atom stereocenters. The van der Waals surface area contributed by atoms with Crippen LogP contribution < -0.4 is 0 Å². The number of rotatable bonds is 5. The van der Waals surface area contributed by atoms with Crippen LogP contribution in [0.2, 0.25) is 0 Å². The molecule has 0 saturated heterocycles. The zero-order valence-electron chi connectivity index (χ0n) is 12.3. The lowest BCUT2D eigenvalue weighted by Gasteiger charge is -2.32. The second-order valence-corrected chi connectivity index (χ2v) is 5.88. The van der Waals surface area contributed by atoms with E-state index in [1.807, 2.05) is 13.0 Å². The Morgan fingerprint density at radius 1 is 1.37 bits per heavy atom. The summed E-state index contributed by atoms with van der Waals surface area (Å²) in [5, 5.41) is 19.8. The van der Waals surface area contributed by atoms with E-state index < -0.39 is 17.5 Å². The van der Waals surface area contributed by atoms with Gasteiger partial charge >= 0.3 is 0 Å². The molecule has 0 bridgehead atoms. The Hall–Kier alpha value is -0.930. The SMILES string of the molecule is CC(C)=CCCC(C)=CCC1(O)CCCC(O)C1=O. The molecule has 0 radical (unpaired) electrons. The molecule has 2 unspecified atom stereocenters. The van der Waals surface area contributed by atoms with Crippen LogP contribution in [0.3, 0.4) is 0 Å². The van der Waals surface area contributed by atoms with Crippen LogP contribution in [0.1, 0.15) is 59.3 Å². The third-order valence-electron chi connectivity index (χ3n) is 3.71. The molecule has 3 nitrogen and oxygen atoms in total. The van der Waals surface area contributed by atoms with Gasteiger partial charge in [-0.3, -0.25) is 4.79 Å². The highest BCUT2D eigenvalue weighted by Gasteiger charge is 2.41. The summed E-state index contributed by atoms with van der Waals surface area (Å²) in [5.41, 5.74) is 1.13. The highest BCUT2D eigenvalue weighted by Crippen LogP contribution is 2.29. The van der Waals surface area contributed by atoms with Crippen molar-refractivity contribution in [2.24, 2.45) is 0 Å². The number of aliphatic hydroxyl groups is 2. The van der Waals surface area contributed by atoms with Crippen LogP contribution in [0.25, 0.3) is 0 Å². The van der Waals surface area contributed by atoms with E-state index in [0.29, 0.717) is 25.7 Å². The van der Waals surface area contributed by atoms with Gasteiger partial charge < -0.3 is 10.2 Å². The molecule has 19 heavy (non-hydrogen) atoms. The van der Waals surface area contributed by atoms with Gasteiger partial charge in [0.25, 0.3) is 0 Å². The van der Waals surface area contributed by atoms with Crippen molar-refractivity contribution < 1.29 is 15.0 Å². The maximum Gasteiger partial charge on any atom is 0.192 e. The van der Waals surface area contributed by atoms with Crippen LogP contribution in [0, 0.1) is 0 Å². The van der Waals surface area contributed by atoms with Gasteiger partial charge in [-0.25, -0.2) is 0 Å². The minimum atomic E-state index is -1.35. The van der Waals surface area contributed by atoms with Crippen molar-refractivity contribution in [1.82, 2.24) is 0 Å². The van der Waals surface area contributed by atoms with Gasteiger partial charge in [0.1, 0.15) is 11.7 Å². The Labute approximate surface area is 116 Å². The first-order valence-corrected chi connectivity index (χ1v) is 7.09. The quantitative estimate of drug-likeness (QED) is 0.752. The highest BCUT2D eigenvalue weighted by molar-refractivity contribution is 5.91. The minimum absolute atomic E-state index is 0.323. The zero-order chi connectivity index (χ0) is 14.5. The number of hydrogen-bond donors (Lipinski definition) is 2. The Morgan fingerprint density at radius 2 is 2.05 bits per heavy atom. The number of allylic oxidation sites excluding steroid dienone is 3. The molecule has 108 valence electrons. The lowest BCUT2D eigenvalue weighted by molar-refractivity contribution is -0.151. The summed E-state index contributed by atoms with van der Waals surface area (Å²) in [4.78, 5) is 11.8. The van der Waals surface area contributed by atoms with E-state index in [-0.39, 0.29) is 0 Å². The molecule has 3 heteroatoms. The Bertz CT molecular complexity index is 377. The van der Waals surface area contributed by atoms with E-state index in [0.717, 1.165) is 12.8 Å². The summed E-state index contributed by atoms with van der Waals surface area (Å²) in [6.07, 6.45) is 7.02. The van der Waals surface area contributed by atoms with Crippen molar-refractivity contribution in [2.75, 3.05) is 0 Å². The molecule has 0 aromatic heterocycles. The smallest absolute Gasteiger partial charge is 0.192 e. The van der Waals surface area contributed by atoms with Crippen molar-refractivity contribution >= 4 is 5.78 Å². The van der Waals surface area contributed by atoms with Crippen LogP contribution in [0.5, 0.6) is 0 Å². The monoisotopic (exact) mass is 266 g/mol. The summed E-state index contributed by atoms with van der Waals surface area (Å²) in [6.45, 7) is 6.17. The van der Waals surface area contributed by atoms with Crippen molar-refractivity contribution in [1.29, 1.82) is 0 Å². The first-order valence-electron chi connectivity index (χ1n) is 7.09. The number of Topliss-reactive ketones (excluding diaryl/α,β-unsaturated/α-hetero) is 1. The minimum Gasteiger partial charge on any atom is -0.385 e. The zero-order valence-corrected chi connectivity index (χ0v) is 12.3. The predicted molar refractivity (Wildman–Crippen MR) is 76.9 cm³/mol. The number of hydrogen-bond acceptors (Lipinski definition) is 3. The van der Waals surface area contributed by atoms with Gasteiger partial charge in [0.15, 0.2) is 5.78 Å². The van der Waals surface area contributed by atoms with Gasteiger partial charge in [-0.2, -0.15) is 0 Å². The third kappa shape index (κ3) is 4.92. The van der Waals surface area contributed by atoms with Crippen LogP contribution >= 0.6 is 0 Å². The van der Waals surface area contributed by atoms with Crippen molar-refractivity contribution in [2.45, 2.75) is 71.0 Å². The van der Waals surface area contributed by atoms with Gasteiger partial charge in [-0.15, -0.1) is 0 Å². The molecular formula is C16H26O3. The van der Waals surface area contributed by atoms with E-state index in [1.54, 1.807) is 0 Å². The van der Waals surface area contributed by atoms with Gasteiger partial charge in [-0.1, -0.05) is 23.3 Å². The maximum atomic E-state index is 11.8. The van der Waals surface area contributed by atoms with E-state index in [9.17, 15) is 15.0 Å². The number of carbonyl (C=O) groups is 1. The van der Waals surface area contributed by atoms with Crippen LogP contribution in [0.4, 0.5) is 0 Å². The van der Waals surface area contributed by atoms with E-state index in [4.69, 9.17) is 0 Å². The highest BCUT2D eigenvalue weighted by atomic mass is 16.3. The van der Waals surface area contributed by atoms with Crippen molar-refractivity contribution in [3.05, 3.63) is 23.3 Å². The van der Waals surface area contributed by atoms with Gasteiger partial charge in [0.05, 0.1) is 0 Å². The standard InChI is InChI=1S/C16H26O3/c1-12(2)6-4-7-13(3)9-11-16(19)10-5-8-14(17)15(16)18/h6,9,14,17,19H,4-5,7-8,10-11H2,1-3H3. The normalized spacial score (nSPS) is 28.4. The average molecular weight is 266 g/mol. The lowest BCUT2D eigenvalue weighted by atomic mass is 9.79. The summed E-state index contributed by atoms with van der Waals surface area (Å²) < 4.78 is 0. The van der Waals surface area contributed by atoms with E-state index in [2.05, 4.69) is 19.9 Å². The molecule has 2 N–H and O–H groups in total. The van der Waals surface area contributed by atoms with Crippen LogP contribution in [0.15, 0.2) is 23.3 Å². The molecule has 1 saturated carbocycles. The average Bonchev–Trinajstić information content (AvgIpc) is 2.33. The first kappa shape index (κ1) is 16.1. The molecule has 1 aliphatic rings. The van der Waals surface area contributed by atoms with Crippen LogP contribution in [-0.2, 0) is 4.79 Å². The third-order valence-corrected chi connectivity index (χ3v) is 3.71. The molecule has 0 aromatic carbocycles. The fourth-order valence-corrected chi connectivity index (χ4v) is 2.39. The summed E-state index contributed by atoms with van der Waals surface area (Å²) >= 11 is 0. The fourth-order valence-electron chi connectivity index (χ4n) is 2.39. The van der Waals surface area contributed by atoms with E-state index in [1.165, 1.54) is 11.1 Å². The first-order chi connectivity index (χ1) is 8.85. The molecule has 1 aliphatic carbocycles. The topological polar surface area (TPSA) is 57.5 Å². The van der Waals surface area contributed by atoms with Crippen molar-refractivity contribution in [3.63, 3.8) is 0 Å². The number of ketones is 1. The number of aliphatic hydroxyl groups excluding tert-OH is 1. The van der Waals surface area contributed by atoms with Gasteiger partial charge in [0, 0.05) is 6.42 Å². The summed E-state index contributed by atoms with van der Waals surface area (Å²) in [5.74, 6) is -0.410. The molecule has 0 amide bonds. The maximum absolute atomic E-state index is 11.8. The molecular weight excluding hydrogens is 240 g/mol. The largest absolute Gasteiger partial charge is 0.385 e. The van der Waals surface area contributed by atoms with E-state index >= 15 is 0 Å². The molecule has 0 heterocycles. The molecule has 0 spiro atoms. The molecule has 0 aliphatic heterocycles. The molecule has 1 rings (SSSR count). The second-order valence-electron chi connectivity index (χ2n) is 5.88. The lowest BCUT2D eigenvalue weighted by Crippen LogP contribution is -2.48. The fraction of sp³-hybridized carbons (Fsp3) is 0.688.